The van der Waals surface area contributed by atoms with Crippen LogP contribution in [0.4, 0.5) is 4.79 Å². The van der Waals surface area contributed by atoms with E-state index >= 15 is 0 Å². The predicted molar refractivity (Wildman–Crippen MR) is 77.6 cm³/mol. The highest BCUT2D eigenvalue weighted by Crippen LogP contribution is 2.19. The lowest BCUT2D eigenvalue weighted by atomic mass is 10.0. The van der Waals surface area contributed by atoms with Crippen LogP contribution >= 0.6 is 0 Å². The van der Waals surface area contributed by atoms with Gasteiger partial charge in [-0.3, -0.25) is 4.90 Å². The lowest BCUT2D eigenvalue weighted by Gasteiger charge is -2.38. The molecule has 1 aliphatic rings. The fourth-order valence-electron chi connectivity index (χ4n) is 2.08. The molecule has 2 atom stereocenters. The van der Waals surface area contributed by atoms with Gasteiger partial charge in [0.05, 0.1) is 25.4 Å². The van der Waals surface area contributed by atoms with Crippen LogP contribution in [0.15, 0.2) is 12.2 Å². The highest BCUT2D eigenvalue weighted by atomic mass is 16.6. The first-order valence-electron chi connectivity index (χ1n) is 7.10. The molecule has 1 amide bonds. The summed E-state index contributed by atoms with van der Waals surface area (Å²) in [6, 6.07) is -0.349. The number of carbonyl (C=O) groups excluding carboxylic acids is 1. The van der Waals surface area contributed by atoms with Crippen molar-refractivity contribution in [2.45, 2.75) is 58.3 Å². The zero-order chi connectivity index (χ0) is 15.3. The average molecular weight is 285 g/mol. The normalized spacial score (nSPS) is 21.4. The van der Waals surface area contributed by atoms with Crippen molar-refractivity contribution in [3.05, 3.63) is 12.2 Å². The van der Waals surface area contributed by atoms with Gasteiger partial charge in [-0.05, 0) is 40.5 Å². The van der Waals surface area contributed by atoms with Gasteiger partial charge in [0.25, 0.3) is 0 Å². The molecule has 1 aliphatic heterocycles. The van der Waals surface area contributed by atoms with Crippen molar-refractivity contribution in [2.75, 3.05) is 19.8 Å². The van der Waals surface area contributed by atoms with Crippen LogP contribution in [0.2, 0.25) is 0 Å². The molecule has 0 aromatic rings. The summed E-state index contributed by atoms with van der Waals surface area (Å²) < 4.78 is 10.8. The minimum Gasteiger partial charge on any atom is -0.444 e. The van der Waals surface area contributed by atoms with Crippen LogP contribution in [0.25, 0.3) is 0 Å². The fourth-order valence-corrected chi connectivity index (χ4v) is 2.08. The Kier molecular flexibility index (Phi) is 6.02. The zero-order valence-corrected chi connectivity index (χ0v) is 13.0. The van der Waals surface area contributed by atoms with E-state index in [2.05, 4.69) is 6.58 Å². The predicted octanol–water partition coefficient (Wildman–Crippen LogP) is 2.34. The fraction of sp³-hybridized carbons (Fsp3) is 0.800. The van der Waals surface area contributed by atoms with E-state index in [9.17, 15) is 9.90 Å². The summed E-state index contributed by atoms with van der Waals surface area (Å²) in [6.07, 6.45) is 0.294. The summed E-state index contributed by atoms with van der Waals surface area (Å²) >= 11 is 0. The van der Waals surface area contributed by atoms with E-state index in [0.29, 0.717) is 26.2 Å². The molecule has 0 aromatic carbocycles. The monoisotopic (exact) mass is 285 g/mol. The van der Waals surface area contributed by atoms with Crippen molar-refractivity contribution in [2.24, 2.45) is 0 Å². The molecule has 0 saturated carbocycles. The molecule has 0 aliphatic carbocycles. The van der Waals surface area contributed by atoms with Gasteiger partial charge >= 0.3 is 6.09 Å². The van der Waals surface area contributed by atoms with Gasteiger partial charge in [0.15, 0.2) is 0 Å². The molecule has 2 unspecified atom stereocenters. The van der Waals surface area contributed by atoms with E-state index in [1.54, 1.807) is 4.90 Å². The second-order valence-corrected chi connectivity index (χ2v) is 6.38. The summed E-state index contributed by atoms with van der Waals surface area (Å²) in [5, 5.41) is 10.3. The molecule has 116 valence electrons. The largest absolute Gasteiger partial charge is 0.444 e. The quantitative estimate of drug-likeness (QED) is 0.805. The van der Waals surface area contributed by atoms with Crippen molar-refractivity contribution >= 4 is 6.09 Å². The van der Waals surface area contributed by atoms with Gasteiger partial charge < -0.3 is 14.6 Å². The standard InChI is InChI=1S/C15H27NO4/c1-11(2)6-7-13(17)12-10-19-9-8-16(12)14(18)20-15(3,4)5/h12-13,17H,1,6-10H2,2-5H3. The van der Waals surface area contributed by atoms with Crippen molar-refractivity contribution < 1.29 is 19.4 Å². The first-order valence-corrected chi connectivity index (χ1v) is 7.10. The highest BCUT2D eigenvalue weighted by Gasteiger charge is 2.35. The zero-order valence-electron chi connectivity index (χ0n) is 13.0. The lowest BCUT2D eigenvalue weighted by molar-refractivity contribution is -0.0676. The summed E-state index contributed by atoms with van der Waals surface area (Å²) in [6.45, 7) is 12.5. The van der Waals surface area contributed by atoms with Crippen LogP contribution in [0.1, 0.15) is 40.5 Å². The maximum absolute atomic E-state index is 12.2. The van der Waals surface area contributed by atoms with Crippen LogP contribution in [0.3, 0.4) is 0 Å². The molecular formula is C15H27NO4. The summed E-state index contributed by atoms with van der Waals surface area (Å²) in [5.74, 6) is 0. The van der Waals surface area contributed by atoms with Gasteiger partial charge in [-0.2, -0.15) is 0 Å². The number of aliphatic hydroxyl groups excluding tert-OH is 1. The van der Waals surface area contributed by atoms with Gasteiger partial charge in [0.1, 0.15) is 5.60 Å². The van der Waals surface area contributed by atoms with Crippen LogP contribution in [0.5, 0.6) is 0 Å². The third-order valence-electron chi connectivity index (χ3n) is 3.10. The summed E-state index contributed by atoms with van der Waals surface area (Å²) in [5.41, 5.74) is 0.479. The molecule has 1 N–H and O–H groups in total. The molecule has 1 saturated heterocycles. The number of allylic oxidation sites excluding steroid dienone is 1. The first-order chi connectivity index (χ1) is 9.20. The van der Waals surface area contributed by atoms with Gasteiger partial charge in [0, 0.05) is 6.54 Å². The van der Waals surface area contributed by atoms with E-state index in [1.807, 2.05) is 27.7 Å². The van der Waals surface area contributed by atoms with E-state index in [-0.39, 0.29) is 12.1 Å². The average Bonchev–Trinajstić information content (AvgIpc) is 2.33. The maximum Gasteiger partial charge on any atom is 0.410 e. The van der Waals surface area contributed by atoms with E-state index in [4.69, 9.17) is 9.47 Å². The summed E-state index contributed by atoms with van der Waals surface area (Å²) in [7, 11) is 0. The number of ether oxygens (including phenoxy) is 2. The Balaban J connectivity index is 2.66. The van der Waals surface area contributed by atoms with Crippen molar-refractivity contribution in [1.29, 1.82) is 0 Å². The van der Waals surface area contributed by atoms with Crippen LogP contribution in [-0.4, -0.2) is 53.6 Å². The smallest absolute Gasteiger partial charge is 0.410 e. The number of rotatable bonds is 4. The maximum atomic E-state index is 12.2. The number of hydrogen-bond acceptors (Lipinski definition) is 4. The van der Waals surface area contributed by atoms with E-state index < -0.39 is 11.7 Å². The van der Waals surface area contributed by atoms with Gasteiger partial charge in [-0.25, -0.2) is 4.79 Å². The number of nitrogens with zero attached hydrogens (tertiary/aromatic N) is 1. The van der Waals surface area contributed by atoms with E-state index in [1.165, 1.54) is 0 Å². The third-order valence-corrected chi connectivity index (χ3v) is 3.10. The number of hydrogen-bond donors (Lipinski definition) is 1. The molecule has 1 rings (SSSR count). The number of amides is 1. The Labute approximate surface area is 121 Å². The Morgan fingerprint density at radius 2 is 2.20 bits per heavy atom. The molecule has 5 nitrogen and oxygen atoms in total. The Morgan fingerprint density at radius 1 is 1.55 bits per heavy atom. The second kappa shape index (κ2) is 7.09. The Bertz CT molecular complexity index is 348. The number of morpholine rings is 1. The van der Waals surface area contributed by atoms with Crippen LogP contribution in [0, 0.1) is 0 Å². The van der Waals surface area contributed by atoms with Crippen molar-refractivity contribution in [3.8, 4) is 0 Å². The highest BCUT2D eigenvalue weighted by molar-refractivity contribution is 5.68. The van der Waals surface area contributed by atoms with Crippen molar-refractivity contribution in [1.82, 2.24) is 4.90 Å². The minimum absolute atomic E-state index is 0.344. The molecule has 0 bridgehead atoms. The van der Waals surface area contributed by atoms with Crippen LogP contribution in [-0.2, 0) is 9.47 Å². The Hall–Kier alpha value is -1.07. The molecule has 1 fully saturated rings. The number of aliphatic hydroxyl groups is 1. The van der Waals surface area contributed by atoms with Crippen molar-refractivity contribution in [3.63, 3.8) is 0 Å². The molecule has 0 radical (unpaired) electrons. The molecular weight excluding hydrogens is 258 g/mol. The lowest BCUT2D eigenvalue weighted by Crippen LogP contribution is -2.55. The Morgan fingerprint density at radius 3 is 2.75 bits per heavy atom. The SMILES string of the molecule is C=C(C)CCC(O)C1COCCN1C(=O)OC(C)(C)C. The van der Waals surface area contributed by atoms with Crippen LogP contribution < -0.4 is 0 Å². The third kappa shape index (κ3) is 5.51. The van der Waals surface area contributed by atoms with E-state index in [0.717, 1.165) is 12.0 Å². The van der Waals surface area contributed by atoms with Gasteiger partial charge in [-0.1, -0.05) is 5.57 Å². The molecule has 0 spiro atoms. The number of carbonyl (C=O) groups is 1. The van der Waals surface area contributed by atoms with Gasteiger partial charge in [-0.15, -0.1) is 6.58 Å². The topological polar surface area (TPSA) is 59.0 Å². The molecule has 1 heterocycles. The molecule has 5 heteroatoms. The summed E-state index contributed by atoms with van der Waals surface area (Å²) in [4.78, 5) is 13.8. The van der Waals surface area contributed by atoms with Gasteiger partial charge in [0.2, 0.25) is 0 Å². The molecule has 20 heavy (non-hydrogen) atoms. The first kappa shape index (κ1) is 17.0. The second-order valence-electron chi connectivity index (χ2n) is 6.38. The molecule has 0 aromatic heterocycles. The minimum atomic E-state index is -0.625.